The van der Waals surface area contributed by atoms with Gasteiger partial charge in [-0.05, 0) is 25.5 Å². The van der Waals surface area contributed by atoms with Crippen molar-refractivity contribution in [2.45, 2.75) is 13.3 Å². The number of aliphatic hydroxyl groups is 1. The lowest BCUT2D eigenvalue weighted by atomic mass is 10.1. The summed E-state index contributed by atoms with van der Waals surface area (Å²) in [5.74, 6) is -0.542. The molecule has 0 saturated carbocycles. The van der Waals surface area contributed by atoms with Crippen molar-refractivity contribution < 1.29 is 19.6 Å². The number of methoxy groups -OCH3 is 1. The lowest BCUT2D eigenvalue weighted by molar-refractivity contribution is -0.384. The predicted octanol–water partition coefficient (Wildman–Crippen LogP) is 1.59. The van der Waals surface area contributed by atoms with E-state index in [0.717, 1.165) is 0 Å². The Labute approximate surface area is 116 Å². The van der Waals surface area contributed by atoms with E-state index in [0.29, 0.717) is 25.2 Å². The van der Waals surface area contributed by atoms with E-state index in [9.17, 15) is 14.9 Å². The number of nitrogens with zero attached hydrogens (tertiary/aromatic N) is 2. The fraction of sp³-hybridized carbons (Fsp3) is 0.462. The predicted molar refractivity (Wildman–Crippen MR) is 74.0 cm³/mol. The van der Waals surface area contributed by atoms with E-state index in [4.69, 9.17) is 5.11 Å². The lowest BCUT2D eigenvalue weighted by Gasteiger charge is -2.22. The van der Waals surface area contributed by atoms with Crippen molar-refractivity contribution in [2.75, 3.05) is 31.7 Å². The highest BCUT2D eigenvalue weighted by Crippen LogP contribution is 2.29. The molecule has 1 N–H and O–H groups in total. The molecule has 0 spiro atoms. The maximum absolute atomic E-state index is 11.5. The van der Waals surface area contributed by atoms with Crippen LogP contribution in [0.3, 0.4) is 0 Å². The van der Waals surface area contributed by atoms with Crippen LogP contribution in [0.2, 0.25) is 0 Å². The number of carbonyl (C=O) groups excluding carboxylic acids is 1. The Kier molecular flexibility index (Phi) is 5.92. The molecule has 7 heteroatoms. The van der Waals surface area contributed by atoms with Crippen LogP contribution in [0.1, 0.15) is 23.7 Å². The third-order valence-electron chi connectivity index (χ3n) is 2.90. The zero-order chi connectivity index (χ0) is 15.1. The van der Waals surface area contributed by atoms with E-state index in [1.807, 2.05) is 6.92 Å². The summed E-state index contributed by atoms with van der Waals surface area (Å²) in [6.07, 6.45) is 0.493. The van der Waals surface area contributed by atoms with Gasteiger partial charge in [0.15, 0.2) is 0 Å². The summed E-state index contributed by atoms with van der Waals surface area (Å²) in [5.41, 5.74) is 0.543. The minimum atomic E-state index is -0.542. The summed E-state index contributed by atoms with van der Waals surface area (Å²) in [6.45, 7) is 2.86. The van der Waals surface area contributed by atoms with Gasteiger partial charge in [-0.15, -0.1) is 0 Å². The molecular weight excluding hydrogens is 264 g/mol. The third-order valence-corrected chi connectivity index (χ3v) is 2.90. The summed E-state index contributed by atoms with van der Waals surface area (Å²) in [6, 6.07) is 4.11. The number of rotatable bonds is 7. The van der Waals surface area contributed by atoms with Crippen molar-refractivity contribution in [1.29, 1.82) is 0 Å². The number of hydrogen-bond acceptors (Lipinski definition) is 6. The highest BCUT2D eigenvalue weighted by Gasteiger charge is 2.21. The Morgan fingerprint density at radius 3 is 2.70 bits per heavy atom. The Hall–Kier alpha value is -2.15. The van der Waals surface area contributed by atoms with Gasteiger partial charge in [0.05, 0.1) is 17.6 Å². The smallest absolute Gasteiger partial charge is 0.337 e. The van der Waals surface area contributed by atoms with Gasteiger partial charge in [0.2, 0.25) is 0 Å². The number of benzene rings is 1. The molecular formula is C13H18N2O5. The molecule has 1 aromatic carbocycles. The molecule has 0 fully saturated rings. The molecule has 0 amide bonds. The standard InChI is InChI=1S/C13H18N2O5/c1-3-14(7-4-8-16)12-9-10(13(17)20-2)5-6-11(12)15(18)19/h5-6,9,16H,3-4,7-8H2,1-2H3. The summed E-state index contributed by atoms with van der Waals surface area (Å²) >= 11 is 0. The summed E-state index contributed by atoms with van der Waals surface area (Å²) < 4.78 is 4.62. The van der Waals surface area contributed by atoms with Crippen molar-refractivity contribution >= 4 is 17.3 Å². The summed E-state index contributed by atoms with van der Waals surface area (Å²) in [5, 5.41) is 20.0. The van der Waals surface area contributed by atoms with Crippen molar-refractivity contribution in [3.8, 4) is 0 Å². The normalized spacial score (nSPS) is 10.2. The van der Waals surface area contributed by atoms with Crippen molar-refractivity contribution in [3.05, 3.63) is 33.9 Å². The second kappa shape index (κ2) is 7.44. The zero-order valence-electron chi connectivity index (χ0n) is 11.5. The molecule has 110 valence electrons. The van der Waals surface area contributed by atoms with Crippen LogP contribution in [0.4, 0.5) is 11.4 Å². The highest BCUT2D eigenvalue weighted by molar-refractivity contribution is 5.91. The third kappa shape index (κ3) is 3.67. The first-order valence-corrected chi connectivity index (χ1v) is 6.27. The fourth-order valence-corrected chi connectivity index (χ4v) is 1.89. The molecule has 0 aliphatic rings. The van der Waals surface area contributed by atoms with Crippen LogP contribution in [0, 0.1) is 10.1 Å². The summed E-state index contributed by atoms with van der Waals surface area (Å²) in [7, 11) is 1.26. The van der Waals surface area contributed by atoms with Gasteiger partial charge < -0.3 is 14.7 Å². The first-order chi connectivity index (χ1) is 9.54. The van der Waals surface area contributed by atoms with Gasteiger partial charge >= 0.3 is 5.97 Å². The van der Waals surface area contributed by atoms with Gasteiger partial charge in [0.1, 0.15) is 5.69 Å². The van der Waals surface area contributed by atoms with E-state index < -0.39 is 10.9 Å². The molecule has 7 nitrogen and oxygen atoms in total. The molecule has 0 unspecified atom stereocenters. The monoisotopic (exact) mass is 282 g/mol. The van der Waals surface area contributed by atoms with Crippen LogP contribution >= 0.6 is 0 Å². The van der Waals surface area contributed by atoms with E-state index in [1.165, 1.54) is 25.3 Å². The highest BCUT2D eigenvalue weighted by atomic mass is 16.6. The van der Waals surface area contributed by atoms with Crippen molar-refractivity contribution in [2.24, 2.45) is 0 Å². The lowest BCUT2D eigenvalue weighted by Crippen LogP contribution is -2.25. The van der Waals surface area contributed by atoms with E-state index >= 15 is 0 Å². The minimum Gasteiger partial charge on any atom is -0.465 e. The Morgan fingerprint density at radius 2 is 2.20 bits per heavy atom. The minimum absolute atomic E-state index is 0.000982. The summed E-state index contributed by atoms with van der Waals surface area (Å²) in [4.78, 5) is 23.9. The zero-order valence-corrected chi connectivity index (χ0v) is 11.5. The second-order valence-electron chi connectivity index (χ2n) is 4.11. The molecule has 0 heterocycles. The molecule has 0 aromatic heterocycles. The molecule has 20 heavy (non-hydrogen) atoms. The first kappa shape index (κ1) is 15.9. The fourth-order valence-electron chi connectivity index (χ4n) is 1.89. The SMILES string of the molecule is CCN(CCCO)c1cc(C(=O)OC)ccc1[N+](=O)[O-]. The Morgan fingerprint density at radius 1 is 1.50 bits per heavy atom. The van der Waals surface area contributed by atoms with Crippen LogP contribution in [0.15, 0.2) is 18.2 Å². The molecule has 0 saturated heterocycles. The number of aliphatic hydroxyl groups excluding tert-OH is 1. The molecule has 0 radical (unpaired) electrons. The van der Waals surface area contributed by atoms with E-state index in [1.54, 1.807) is 4.90 Å². The number of anilines is 1. The Balaban J connectivity index is 3.22. The number of hydrogen-bond donors (Lipinski definition) is 1. The first-order valence-electron chi connectivity index (χ1n) is 6.27. The van der Waals surface area contributed by atoms with E-state index in [-0.39, 0.29) is 17.9 Å². The quantitative estimate of drug-likeness (QED) is 0.464. The van der Waals surface area contributed by atoms with Crippen LogP contribution in [-0.4, -0.2) is 42.8 Å². The van der Waals surface area contributed by atoms with Crippen LogP contribution in [-0.2, 0) is 4.74 Å². The van der Waals surface area contributed by atoms with Gasteiger partial charge in [-0.25, -0.2) is 4.79 Å². The van der Waals surface area contributed by atoms with Crippen molar-refractivity contribution in [1.82, 2.24) is 0 Å². The van der Waals surface area contributed by atoms with Gasteiger partial charge in [-0.3, -0.25) is 10.1 Å². The maximum Gasteiger partial charge on any atom is 0.337 e. The molecule has 0 aliphatic heterocycles. The maximum atomic E-state index is 11.5. The number of carbonyl (C=O) groups is 1. The van der Waals surface area contributed by atoms with Gasteiger partial charge in [0, 0.05) is 25.8 Å². The average molecular weight is 282 g/mol. The molecule has 1 aromatic rings. The van der Waals surface area contributed by atoms with Gasteiger partial charge in [0.25, 0.3) is 5.69 Å². The van der Waals surface area contributed by atoms with Gasteiger partial charge in [-0.1, -0.05) is 0 Å². The van der Waals surface area contributed by atoms with Crippen LogP contribution in [0.25, 0.3) is 0 Å². The van der Waals surface area contributed by atoms with Crippen LogP contribution < -0.4 is 4.90 Å². The van der Waals surface area contributed by atoms with Gasteiger partial charge in [-0.2, -0.15) is 0 Å². The average Bonchev–Trinajstić information content (AvgIpc) is 2.46. The molecule has 0 atom stereocenters. The molecule has 1 rings (SSSR count). The largest absolute Gasteiger partial charge is 0.465 e. The second-order valence-corrected chi connectivity index (χ2v) is 4.11. The van der Waals surface area contributed by atoms with Crippen molar-refractivity contribution in [3.63, 3.8) is 0 Å². The Bertz CT molecular complexity index is 490. The number of ether oxygens (including phenoxy) is 1. The van der Waals surface area contributed by atoms with E-state index in [2.05, 4.69) is 4.74 Å². The molecule has 0 bridgehead atoms. The topological polar surface area (TPSA) is 92.9 Å². The van der Waals surface area contributed by atoms with Crippen LogP contribution in [0.5, 0.6) is 0 Å². The number of esters is 1. The number of nitro benzene ring substituents is 1. The number of nitro groups is 1. The molecule has 0 aliphatic carbocycles.